The van der Waals surface area contributed by atoms with Crippen molar-refractivity contribution in [2.24, 2.45) is 0 Å². The van der Waals surface area contributed by atoms with Gasteiger partial charge in [0, 0.05) is 0 Å². The van der Waals surface area contributed by atoms with Gasteiger partial charge in [-0.25, -0.2) is 0 Å². The van der Waals surface area contributed by atoms with Gasteiger partial charge >= 0.3 is 173 Å². The summed E-state index contributed by atoms with van der Waals surface area (Å²) in [4.78, 5) is 0. The second-order valence-electron chi connectivity index (χ2n) is 8.54. The van der Waals surface area contributed by atoms with E-state index in [2.05, 4.69) is 67.6 Å². The van der Waals surface area contributed by atoms with Crippen molar-refractivity contribution in [1.29, 1.82) is 0 Å². The van der Waals surface area contributed by atoms with Crippen molar-refractivity contribution in [2.45, 2.75) is 54.0 Å². The Balaban J connectivity index is 0.00000112. The van der Waals surface area contributed by atoms with Crippen molar-refractivity contribution in [1.82, 2.24) is 0 Å². The van der Waals surface area contributed by atoms with Crippen molar-refractivity contribution in [2.75, 3.05) is 0 Å². The maximum Gasteiger partial charge on any atom is -1.00 e. The van der Waals surface area contributed by atoms with Crippen LogP contribution in [0.2, 0.25) is 3.12 Å². The number of halogens is 2. The van der Waals surface area contributed by atoms with Gasteiger partial charge in [-0.2, -0.15) is 0 Å². The van der Waals surface area contributed by atoms with Gasteiger partial charge in [0.15, 0.2) is 0 Å². The summed E-state index contributed by atoms with van der Waals surface area (Å²) >= 11 is 1.69. The molecule has 0 bridgehead atoms. The van der Waals surface area contributed by atoms with E-state index in [4.69, 9.17) is 0 Å². The molecule has 0 amide bonds. The number of fused-ring (bicyclic) bond motifs is 3. The number of hydrogen-bond donors (Lipinski definition) is 0. The summed E-state index contributed by atoms with van der Waals surface area (Å²) in [6.07, 6.45) is 11.4. The molecular formula is C25H25Cl2Zr. The van der Waals surface area contributed by atoms with Crippen LogP contribution in [0, 0.1) is 0 Å². The second-order valence-corrected chi connectivity index (χ2v) is 11.5. The molecule has 0 spiro atoms. The number of rotatable bonds is 5. The maximum atomic E-state index is 2.51. The van der Waals surface area contributed by atoms with Crippen LogP contribution in [0.15, 0.2) is 60.2 Å². The van der Waals surface area contributed by atoms with Crippen LogP contribution in [-0.2, 0) is 24.7 Å². The van der Waals surface area contributed by atoms with Crippen LogP contribution in [0.25, 0.3) is 11.6 Å². The first-order valence-electron chi connectivity index (χ1n) is 9.96. The van der Waals surface area contributed by atoms with Gasteiger partial charge in [-0.05, 0) is 0 Å². The summed E-state index contributed by atoms with van der Waals surface area (Å²) in [6.45, 7) is 2.51. The van der Waals surface area contributed by atoms with E-state index < -0.39 is 0 Å². The van der Waals surface area contributed by atoms with Crippen molar-refractivity contribution in [3.8, 4) is 0 Å². The molecule has 0 radical (unpaired) electrons. The third kappa shape index (κ3) is 3.88. The van der Waals surface area contributed by atoms with Crippen LogP contribution in [0.4, 0.5) is 0 Å². The molecule has 3 atom stereocenters. The van der Waals surface area contributed by atoms with Crippen LogP contribution >= 0.6 is 0 Å². The van der Waals surface area contributed by atoms with Gasteiger partial charge in [-0.1, -0.05) is 0 Å². The monoisotopic (exact) mass is 485 g/mol. The van der Waals surface area contributed by atoms with E-state index in [1.54, 1.807) is 47.0 Å². The minimum atomic E-state index is 0. The molecule has 0 heterocycles. The van der Waals surface area contributed by atoms with Gasteiger partial charge in [0.25, 0.3) is 0 Å². The minimum Gasteiger partial charge on any atom is -1.00 e. The van der Waals surface area contributed by atoms with E-state index in [0.29, 0.717) is 15.0 Å². The standard InChI is InChI=1S/C25H25.2ClH.Zr/c1-17(16-19-12-11-18-6-2-3-7-20(18)19)10-13-23-21-8-4-5-9-22(21)24-14-15-25(23)24;;;/h2-9,11-12,19,23H,10,13-16H2,1H3;2*1H;/q;;;+2/p-2. The van der Waals surface area contributed by atoms with Crippen molar-refractivity contribution < 1.29 is 49.5 Å². The molecule has 0 N–H and O–H groups in total. The van der Waals surface area contributed by atoms with Crippen molar-refractivity contribution in [3.63, 3.8) is 0 Å². The molecule has 3 unspecified atom stereocenters. The predicted octanol–water partition coefficient (Wildman–Crippen LogP) is 1.05. The van der Waals surface area contributed by atoms with Crippen LogP contribution in [0.5, 0.6) is 0 Å². The quantitative estimate of drug-likeness (QED) is 0.592. The van der Waals surface area contributed by atoms with E-state index in [-0.39, 0.29) is 24.8 Å². The number of allylic oxidation sites excluding steroid dienone is 3. The van der Waals surface area contributed by atoms with Gasteiger partial charge in [0.1, 0.15) is 0 Å². The summed E-state index contributed by atoms with van der Waals surface area (Å²) in [5.41, 5.74) is 9.60. The Bertz CT molecular complexity index is 926. The van der Waals surface area contributed by atoms with E-state index in [1.165, 1.54) is 43.2 Å². The summed E-state index contributed by atoms with van der Waals surface area (Å²) in [7, 11) is 0. The van der Waals surface area contributed by atoms with Crippen LogP contribution in [-0.4, -0.2) is 0 Å². The topological polar surface area (TPSA) is 0 Å². The van der Waals surface area contributed by atoms with E-state index in [0.717, 1.165) is 0 Å². The molecule has 3 aliphatic rings. The zero-order valence-corrected chi connectivity index (χ0v) is 20.2. The van der Waals surface area contributed by atoms with Crippen molar-refractivity contribution >= 4 is 11.6 Å². The summed E-state index contributed by atoms with van der Waals surface area (Å²) in [6, 6.07) is 18.1. The molecule has 0 saturated heterocycles. The fourth-order valence-electron chi connectivity index (χ4n) is 5.23. The Kier molecular flexibility index (Phi) is 6.80. The molecule has 5 rings (SSSR count). The van der Waals surface area contributed by atoms with Crippen molar-refractivity contribution in [3.05, 3.63) is 82.4 Å². The maximum absolute atomic E-state index is 2.51. The SMILES string of the molecule is C[C]([Zr+2])(CCC1C2=C(CC2)c2ccccc21)CC1C=Cc2ccccc21.[Cl-].[Cl-]. The third-order valence-corrected chi connectivity index (χ3v) is 7.79. The zero-order chi connectivity index (χ0) is 17.7. The van der Waals surface area contributed by atoms with E-state index >= 15 is 0 Å². The first kappa shape index (κ1) is 22.1. The Morgan fingerprint density at radius 2 is 1.68 bits per heavy atom. The summed E-state index contributed by atoms with van der Waals surface area (Å²) in [5.74, 6) is 1.33. The molecule has 0 fully saturated rings. The molecule has 3 heteroatoms. The largest absolute Gasteiger partial charge is 1.00 e. The second kappa shape index (κ2) is 8.63. The molecule has 2 aromatic rings. The normalized spacial score (nSPS) is 23.0. The van der Waals surface area contributed by atoms with E-state index in [1.807, 2.05) is 0 Å². The fraction of sp³-hybridized carbons (Fsp3) is 0.360. The average Bonchev–Trinajstić information content (AvgIpc) is 3.09. The van der Waals surface area contributed by atoms with Gasteiger partial charge in [0.2, 0.25) is 0 Å². The Morgan fingerprint density at radius 3 is 2.43 bits per heavy atom. The predicted molar refractivity (Wildman–Crippen MR) is 106 cm³/mol. The van der Waals surface area contributed by atoms with E-state index in [9.17, 15) is 0 Å². The number of benzene rings is 2. The molecule has 0 aliphatic heterocycles. The zero-order valence-electron chi connectivity index (χ0n) is 16.2. The Labute approximate surface area is 196 Å². The molecule has 0 nitrogen and oxygen atoms in total. The minimum absolute atomic E-state index is 0. The molecule has 0 saturated carbocycles. The smallest absolute Gasteiger partial charge is 1.00 e. The molecule has 2 aromatic carbocycles. The van der Waals surface area contributed by atoms with Gasteiger partial charge in [0.05, 0.1) is 0 Å². The molecule has 0 aromatic heterocycles. The summed E-state index contributed by atoms with van der Waals surface area (Å²) in [5, 5.41) is 0. The summed E-state index contributed by atoms with van der Waals surface area (Å²) < 4.78 is 0.460. The number of hydrogen-bond acceptors (Lipinski definition) is 0. The van der Waals surface area contributed by atoms with Gasteiger partial charge in [-0.15, -0.1) is 0 Å². The van der Waals surface area contributed by atoms with Crippen LogP contribution in [0.1, 0.15) is 73.1 Å². The molecule has 3 aliphatic carbocycles. The molecule has 28 heavy (non-hydrogen) atoms. The molecule has 143 valence electrons. The first-order valence-corrected chi connectivity index (χ1v) is 11.2. The first-order chi connectivity index (χ1) is 12.6. The molecular weight excluding hydrogens is 462 g/mol. The van der Waals surface area contributed by atoms with Gasteiger partial charge < -0.3 is 24.8 Å². The average molecular weight is 488 g/mol. The third-order valence-electron chi connectivity index (χ3n) is 6.67. The van der Waals surface area contributed by atoms with Crippen LogP contribution in [0.3, 0.4) is 0 Å². The Morgan fingerprint density at radius 1 is 0.964 bits per heavy atom. The Hall–Kier alpha value is -0.617. The van der Waals surface area contributed by atoms with Gasteiger partial charge in [-0.3, -0.25) is 0 Å². The fourth-order valence-corrected chi connectivity index (χ4v) is 6.13. The van der Waals surface area contributed by atoms with Crippen LogP contribution < -0.4 is 24.8 Å².